The number of nitrogens with one attached hydrogen (secondary N) is 2. The van der Waals surface area contributed by atoms with Crippen LogP contribution in [-0.4, -0.2) is 106 Å². The molecule has 3 aliphatic heterocycles. The van der Waals surface area contributed by atoms with E-state index in [4.69, 9.17) is 14.5 Å². The SMILES string of the molecule is CC(O)C(=O)N(CC1CNCC1OC(=O)NCCCCCCN1C(=O)C=CC1=O)C(c1nc(-c2cc(F)ccc2F)cn1Cc1ccccc1)C1CCOCC1. The fourth-order valence-electron chi connectivity index (χ4n) is 7.66. The number of rotatable bonds is 17. The van der Waals surface area contributed by atoms with Crippen molar-refractivity contribution in [3.05, 3.63) is 89.9 Å². The average Bonchev–Trinajstić information content (AvgIpc) is 3.90. The van der Waals surface area contributed by atoms with Gasteiger partial charge in [0, 0.05) is 82.3 Å². The summed E-state index contributed by atoms with van der Waals surface area (Å²) >= 11 is 0. The molecule has 0 spiro atoms. The highest BCUT2D eigenvalue weighted by Crippen LogP contribution is 2.38. The van der Waals surface area contributed by atoms with Crippen LogP contribution in [0, 0.1) is 23.5 Å². The van der Waals surface area contributed by atoms with E-state index in [1.165, 1.54) is 24.0 Å². The number of benzene rings is 2. The number of aliphatic hydroxyl groups excluding tert-OH is 1. The lowest BCUT2D eigenvalue weighted by Gasteiger charge is -2.40. The lowest BCUT2D eigenvalue weighted by atomic mass is 9.88. The van der Waals surface area contributed by atoms with E-state index >= 15 is 4.39 Å². The van der Waals surface area contributed by atoms with Crippen molar-refractivity contribution in [1.82, 2.24) is 30.0 Å². The second-order valence-corrected chi connectivity index (χ2v) is 14.6. The first-order valence-corrected chi connectivity index (χ1v) is 19.4. The fourth-order valence-corrected chi connectivity index (χ4v) is 7.66. The second-order valence-electron chi connectivity index (χ2n) is 14.6. The normalized spacial score (nSPS) is 19.7. The summed E-state index contributed by atoms with van der Waals surface area (Å²) in [6.45, 7) is 4.33. The van der Waals surface area contributed by atoms with Crippen molar-refractivity contribution in [2.45, 2.75) is 70.2 Å². The molecule has 56 heavy (non-hydrogen) atoms. The van der Waals surface area contributed by atoms with Gasteiger partial charge in [0.2, 0.25) is 0 Å². The number of halogens is 2. The molecule has 0 aliphatic carbocycles. The molecule has 3 aliphatic rings. The Morgan fingerprint density at radius 1 is 1.04 bits per heavy atom. The molecule has 0 bridgehead atoms. The number of aromatic nitrogens is 2. The van der Waals surface area contributed by atoms with Crippen molar-refractivity contribution in [3.8, 4) is 11.3 Å². The number of hydrogen-bond acceptors (Lipinski definition) is 9. The summed E-state index contributed by atoms with van der Waals surface area (Å²) in [7, 11) is 0. The van der Waals surface area contributed by atoms with Gasteiger partial charge >= 0.3 is 6.09 Å². The van der Waals surface area contributed by atoms with Gasteiger partial charge in [-0.2, -0.15) is 0 Å². The number of amides is 4. The summed E-state index contributed by atoms with van der Waals surface area (Å²) in [5.74, 6) is -2.39. The highest BCUT2D eigenvalue weighted by atomic mass is 19.1. The van der Waals surface area contributed by atoms with E-state index in [9.17, 15) is 28.7 Å². The summed E-state index contributed by atoms with van der Waals surface area (Å²) in [6.07, 6.45) is 5.80. The van der Waals surface area contributed by atoms with Gasteiger partial charge in [0.15, 0.2) is 0 Å². The molecule has 0 radical (unpaired) electrons. The van der Waals surface area contributed by atoms with Crippen LogP contribution < -0.4 is 10.6 Å². The molecule has 2 fully saturated rings. The van der Waals surface area contributed by atoms with E-state index < -0.39 is 41.9 Å². The van der Waals surface area contributed by atoms with Crippen molar-refractivity contribution in [2.24, 2.45) is 11.8 Å². The Morgan fingerprint density at radius 2 is 1.77 bits per heavy atom. The lowest BCUT2D eigenvalue weighted by molar-refractivity contribution is -0.146. The highest BCUT2D eigenvalue weighted by molar-refractivity contribution is 6.12. The van der Waals surface area contributed by atoms with Crippen molar-refractivity contribution < 1.29 is 42.5 Å². The number of aliphatic hydroxyl groups is 1. The molecule has 1 aromatic heterocycles. The number of carbonyl (C=O) groups excluding carboxylic acids is 4. The van der Waals surface area contributed by atoms with Crippen molar-refractivity contribution in [1.29, 1.82) is 0 Å². The third-order valence-electron chi connectivity index (χ3n) is 10.6. The minimum Gasteiger partial charge on any atom is -0.444 e. The molecule has 15 heteroatoms. The average molecular weight is 777 g/mol. The maximum atomic E-state index is 15.2. The van der Waals surface area contributed by atoms with Gasteiger partial charge < -0.3 is 34.7 Å². The number of hydrogen-bond donors (Lipinski definition) is 3. The Kier molecular flexibility index (Phi) is 14.0. The molecular weight excluding hydrogens is 726 g/mol. The van der Waals surface area contributed by atoms with E-state index in [1.807, 2.05) is 34.9 Å². The van der Waals surface area contributed by atoms with E-state index in [0.29, 0.717) is 77.4 Å². The third-order valence-corrected chi connectivity index (χ3v) is 10.6. The van der Waals surface area contributed by atoms with Crippen LogP contribution in [0.15, 0.2) is 66.9 Å². The molecule has 2 aromatic carbocycles. The quantitative estimate of drug-likeness (QED) is 0.134. The van der Waals surface area contributed by atoms with Crippen LogP contribution in [-0.2, 0) is 30.4 Å². The van der Waals surface area contributed by atoms with E-state index in [1.54, 1.807) is 11.1 Å². The van der Waals surface area contributed by atoms with Gasteiger partial charge in [0.05, 0.1) is 11.7 Å². The highest BCUT2D eigenvalue weighted by Gasteiger charge is 2.42. The number of imidazole rings is 1. The monoisotopic (exact) mass is 776 g/mol. The van der Waals surface area contributed by atoms with Crippen LogP contribution in [0.5, 0.6) is 0 Å². The van der Waals surface area contributed by atoms with Gasteiger partial charge in [0.25, 0.3) is 17.7 Å². The Hall–Kier alpha value is -4.99. The molecule has 4 unspecified atom stereocenters. The standard InChI is InChI=1S/C41H50F2N6O7/c1-27(50)40(53)49(25-30-22-44-23-35(30)56-41(54)45-17-7-2-3-8-18-48-36(51)13-14-37(48)52)38(29-15-19-55-20-16-29)39-46-34(32-21-31(42)11-12-33(32)43)26-47(39)24-28-9-5-4-6-10-28/h4-6,9-14,21,26-27,29-30,35,38,44,50H,2-3,7-8,15-20,22-25H2,1H3,(H,45,54). The molecule has 4 heterocycles. The van der Waals surface area contributed by atoms with Gasteiger partial charge in [-0.1, -0.05) is 43.2 Å². The van der Waals surface area contributed by atoms with Crippen LogP contribution >= 0.6 is 0 Å². The summed E-state index contributed by atoms with van der Waals surface area (Å²) in [5, 5.41) is 16.9. The van der Waals surface area contributed by atoms with Crippen molar-refractivity contribution >= 4 is 23.8 Å². The zero-order valence-corrected chi connectivity index (χ0v) is 31.6. The topological polar surface area (TPSA) is 155 Å². The predicted octanol–water partition coefficient (Wildman–Crippen LogP) is 4.35. The predicted molar refractivity (Wildman–Crippen MR) is 202 cm³/mol. The van der Waals surface area contributed by atoms with Crippen LogP contribution in [0.2, 0.25) is 0 Å². The maximum absolute atomic E-state index is 15.2. The van der Waals surface area contributed by atoms with Crippen molar-refractivity contribution in [3.63, 3.8) is 0 Å². The van der Waals surface area contributed by atoms with Crippen LogP contribution in [0.4, 0.5) is 13.6 Å². The van der Waals surface area contributed by atoms with Crippen molar-refractivity contribution in [2.75, 3.05) is 45.9 Å². The molecule has 4 amide bonds. The Balaban J connectivity index is 1.19. The minimum absolute atomic E-state index is 0.00994. The molecule has 13 nitrogen and oxygen atoms in total. The van der Waals surface area contributed by atoms with E-state index in [0.717, 1.165) is 36.6 Å². The summed E-state index contributed by atoms with van der Waals surface area (Å²) < 4.78 is 43.1. The number of unbranched alkanes of at least 4 members (excludes halogenated alkanes) is 3. The van der Waals surface area contributed by atoms with Crippen LogP contribution in [0.1, 0.15) is 62.9 Å². The Morgan fingerprint density at radius 3 is 2.50 bits per heavy atom. The van der Waals surface area contributed by atoms with E-state index in [2.05, 4.69) is 10.6 Å². The Bertz CT molecular complexity index is 1850. The van der Waals surface area contributed by atoms with E-state index in [-0.39, 0.29) is 41.5 Å². The van der Waals surface area contributed by atoms with Gasteiger partial charge in [-0.3, -0.25) is 19.3 Å². The molecule has 3 aromatic rings. The molecule has 2 saturated heterocycles. The zero-order chi connectivity index (χ0) is 39.6. The summed E-state index contributed by atoms with van der Waals surface area (Å²) in [5.41, 5.74) is 1.14. The lowest BCUT2D eigenvalue weighted by Crippen LogP contribution is -2.49. The molecule has 300 valence electrons. The summed E-state index contributed by atoms with van der Waals surface area (Å²) in [4.78, 5) is 58.3. The van der Waals surface area contributed by atoms with Crippen LogP contribution in [0.3, 0.4) is 0 Å². The van der Waals surface area contributed by atoms with Gasteiger partial charge in [-0.05, 0) is 62.3 Å². The number of carbonyl (C=O) groups is 4. The van der Waals surface area contributed by atoms with Gasteiger partial charge in [0.1, 0.15) is 29.7 Å². The first-order chi connectivity index (χ1) is 27.1. The molecule has 4 atom stereocenters. The number of ether oxygens (including phenoxy) is 2. The number of nitrogens with zero attached hydrogens (tertiary/aromatic N) is 4. The third kappa shape index (κ3) is 10.2. The number of alkyl carbamates (subject to hydrolysis) is 1. The Labute approximate surface area is 325 Å². The first-order valence-electron chi connectivity index (χ1n) is 19.4. The molecule has 6 rings (SSSR count). The zero-order valence-electron chi connectivity index (χ0n) is 31.6. The smallest absolute Gasteiger partial charge is 0.407 e. The summed E-state index contributed by atoms with van der Waals surface area (Å²) in [6, 6.07) is 12.1. The fraction of sp³-hybridized carbons (Fsp3) is 0.488. The maximum Gasteiger partial charge on any atom is 0.407 e. The van der Waals surface area contributed by atoms with Gasteiger partial charge in [-0.15, -0.1) is 0 Å². The minimum atomic E-state index is -1.36. The molecular formula is C41H50F2N6O7. The molecule has 3 N–H and O–H groups in total. The largest absolute Gasteiger partial charge is 0.444 e. The second kappa shape index (κ2) is 19.2. The first kappa shape index (κ1) is 40.7. The van der Waals surface area contributed by atoms with Gasteiger partial charge in [-0.25, -0.2) is 18.6 Å². The molecule has 0 saturated carbocycles. The van der Waals surface area contributed by atoms with Crippen LogP contribution in [0.25, 0.3) is 11.3 Å². The number of imide groups is 1.